The van der Waals surface area contributed by atoms with Crippen molar-refractivity contribution >= 4 is 17.2 Å². The fourth-order valence-corrected chi connectivity index (χ4v) is 5.01. The maximum Gasteiger partial charge on any atom is 0.416 e. The van der Waals surface area contributed by atoms with Crippen molar-refractivity contribution in [3.63, 3.8) is 0 Å². The topological polar surface area (TPSA) is 23.6 Å². The highest BCUT2D eigenvalue weighted by molar-refractivity contribution is 5.92. The van der Waals surface area contributed by atoms with E-state index in [0.29, 0.717) is 13.0 Å². The number of hydrogen-bond acceptors (Lipinski definition) is 2. The van der Waals surface area contributed by atoms with Crippen molar-refractivity contribution in [3.8, 4) is 0 Å². The number of nitrogens with zero attached hydrogens (tertiary/aromatic N) is 2. The third-order valence-corrected chi connectivity index (χ3v) is 6.31. The average Bonchev–Trinajstić information content (AvgIpc) is 3.30. The first kappa shape index (κ1) is 18.3. The third-order valence-electron chi connectivity index (χ3n) is 6.31. The van der Waals surface area contributed by atoms with Crippen molar-refractivity contribution in [2.24, 2.45) is 0 Å². The van der Waals surface area contributed by atoms with Crippen LogP contribution in [-0.2, 0) is 11.0 Å². The standard InChI is InChI=1S/C23H21F3N2O/c24-23(25,26)17-9-7-16(8-10-17)19-15-22(12-3-4-13-22)28-21(29)11-14-27(28)20-6-2-1-5-18(19)20/h1-2,5-10,15H,3-4,11-14H2. The number of carbonyl (C=O) groups is 1. The van der Waals surface area contributed by atoms with Crippen molar-refractivity contribution in [2.45, 2.75) is 43.8 Å². The molecule has 29 heavy (non-hydrogen) atoms. The highest BCUT2D eigenvalue weighted by Crippen LogP contribution is 2.48. The lowest BCUT2D eigenvalue weighted by Crippen LogP contribution is -2.53. The zero-order chi connectivity index (χ0) is 20.2. The van der Waals surface area contributed by atoms with E-state index < -0.39 is 17.3 Å². The normalized spacial score (nSPS) is 20.5. The predicted octanol–water partition coefficient (Wildman–Crippen LogP) is 5.42. The number of alkyl halides is 3. The molecule has 0 N–H and O–H groups in total. The third kappa shape index (κ3) is 2.84. The van der Waals surface area contributed by atoms with Crippen LogP contribution in [0, 0.1) is 0 Å². The second-order valence-corrected chi connectivity index (χ2v) is 8.04. The number of carbonyl (C=O) groups excluding carboxylic acids is 1. The summed E-state index contributed by atoms with van der Waals surface area (Å²) in [6.45, 7) is 0.631. The lowest BCUT2D eigenvalue weighted by molar-refractivity contribution is -0.137. The van der Waals surface area contributed by atoms with Gasteiger partial charge < -0.3 is 0 Å². The summed E-state index contributed by atoms with van der Waals surface area (Å²) in [7, 11) is 0. The molecule has 0 atom stereocenters. The minimum absolute atomic E-state index is 0.117. The van der Waals surface area contributed by atoms with Gasteiger partial charge in [-0.15, -0.1) is 0 Å². The number of hydrazine groups is 1. The Morgan fingerprint density at radius 2 is 1.62 bits per heavy atom. The number of amides is 1. The van der Waals surface area contributed by atoms with Gasteiger partial charge in [0.05, 0.1) is 16.8 Å². The van der Waals surface area contributed by atoms with Gasteiger partial charge in [0.2, 0.25) is 5.91 Å². The Kier molecular flexibility index (Phi) is 4.02. The molecule has 2 aliphatic heterocycles. The molecule has 0 aromatic heterocycles. The Morgan fingerprint density at radius 1 is 0.931 bits per heavy atom. The Morgan fingerprint density at radius 3 is 2.31 bits per heavy atom. The quantitative estimate of drug-likeness (QED) is 0.641. The van der Waals surface area contributed by atoms with E-state index in [0.717, 1.165) is 60.2 Å². The molecule has 6 heteroatoms. The molecule has 2 aromatic carbocycles. The van der Waals surface area contributed by atoms with Crippen LogP contribution >= 0.6 is 0 Å². The number of anilines is 1. The number of benzene rings is 2. The molecule has 2 heterocycles. The second-order valence-electron chi connectivity index (χ2n) is 8.04. The summed E-state index contributed by atoms with van der Waals surface area (Å²) < 4.78 is 39.1. The molecule has 1 saturated heterocycles. The molecule has 0 unspecified atom stereocenters. The molecule has 150 valence electrons. The lowest BCUT2D eigenvalue weighted by Gasteiger charge is -2.41. The fourth-order valence-electron chi connectivity index (χ4n) is 5.01. The van der Waals surface area contributed by atoms with Crippen molar-refractivity contribution < 1.29 is 18.0 Å². The minimum atomic E-state index is -4.36. The fraction of sp³-hybridized carbons (Fsp3) is 0.348. The molecule has 5 rings (SSSR count). The molecular weight excluding hydrogens is 377 g/mol. The maximum atomic E-state index is 13.0. The molecule has 2 aromatic rings. The maximum absolute atomic E-state index is 13.0. The first-order valence-corrected chi connectivity index (χ1v) is 9.99. The highest BCUT2D eigenvalue weighted by Gasteiger charge is 2.48. The van der Waals surface area contributed by atoms with Crippen molar-refractivity contribution in [1.82, 2.24) is 5.01 Å². The first-order chi connectivity index (χ1) is 13.9. The predicted molar refractivity (Wildman–Crippen MR) is 105 cm³/mol. The van der Waals surface area contributed by atoms with Gasteiger partial charge in [-0.2, -0.15) is 13.2 Å². The minimum Gasteiger partial charge on any atom is -0.281 e. The summed E-state index contributed by atoms with van der Waals surface area (Å²) in [6, 6.07) is 13.2. The largest absolute Gasteiger partial charge is 0.416 e. The van der Waals surface area contributed by atoms with Crippen LogP contribution in [0.15, 0.2) is 54.6 Å². The van der Waals surface area contributed by atoms with Crippen LogP contribution in [0.25, 0.3) is 5.57 Å². The van der Waals surface area contributed by atoms with Crippen molar-refractivity contribution in [2.75, 3.05) is 11.6 Å². The summed E-state index contributed by atoms with van der Waals surface area (Å²) in [5.74, 6) is 0.117. The molecule has 0 radical (unpaired) electrons. The summed E-state index contributed by atoms with van der Waals surface area (Å²) >= 11 is 0. The zero-order valence-corrected chi connectivity index (χ0v) is 15.9. The van der Waals surface area contributed by atoms with E-state index in [1.165, 1.54) is 0 Å². The average molecular weight is 398 g/mol. The Bertz CT molecular complexity index is 988. The smallest absolute Gasteiger partial charge is 0.281 e. The van der Waals surface area contributed by atoms with Gasteiger partial charge in [-0.3, -0.25) is 9.80 Å². The number of fused-ring (bicyclic) bond motifs is 4. The molecule has 1 amide bonds. The molecule has 1 aliphatic carbocycles. The zero-order valence-electron chi connectivity index (χ0n) is 15.9. The van der Waals surface area contributed by atoms with Gasteiger partial charge in [0, 0.05) is 18.5 Å². The first-order valence-electron chi connectivity index (χ1n) is 9.99. The molecule has 1 spiro atoms. The summed E-state index contributed by atoms with van der Waals surface area (Å²) in [6.07, 6.45) is 2.07. The van der Waals surface area contributed by atoms with E-state index in [9.17, 15) is 18.0 Å². The lowest BCUT2D eigenvalue weighted by atomic mass is 9.88. The van der Waals surface area contributed by atoms with Gasteiger partial charge in [-0.1, -0.05) is 43.2 Å². The van der Waals surface area contributed by atoms with Crippen LogP contribution in [0.5, 0.6) is 0 Å². The van der Waals surface area contributed by atoms with Crippen LogP contribution in [0.1, 0.15) is 48.8 Å². The summed E-state index contributed by atoms with van der Waals surface area (Å²) in [5, 5.41) is 4.01. The summed E-state index contributed by atoms with van der Waals surface area (Å²) in [4.78, 5) is 12.9. The number of para-hydroxylation sites is 1. The van der Waals surface area contributed by atoms with Gasteiger partial charge in [-0.05, 0) is 48.3 Å². The molecular formula is C23H21F3N2O. The van der Waals surface area contributed by atoms with Gasteiger partial charge in [0.25, 0.3) is 0 Å². The van der Waals surface area contributed by atoms with Gasteiger partial charge in [0.15, 0.2) is 0 Å². The molecule has 3 nitrogen and oxygen atoms in total. The van der Waals surface area contributed by atoms with Gasteiger partial charge >= 0.3 is 6.18 Å². The Labute approximate surface area is 167 Å². The van der Waals surface area contributed by atoms with E-state index >= 15 is 0 Å². The van der Waals surface area contributed by atoms with Crippen molar-refractivity contribution in [1.29, 1.82) is 0 Å². The van der Waals surface area contributed by atoms with Crippen molar-refractivity contribution in [3.05, 3.63) is 71.3 Å². The molecule has 3 aliphatic rings. The molecule has 2 fully saturated rings. The van der Waals surface area contributed by atoms with Gasteiger partial charge in [-0.25, -0.2) is 5.01 Å². The molecule has 1 saturated carbocycles. The Balaban J connectivity index is 1.71. The highest BCUT2D eigenvalue weighted by atomic mass is 19.4. The van der Waals surface area contributed by atoms with Gasteiger partial charge in [0.1, 0.15) is 0 Å². The SMILES string of the molecule is O=C1CCN2c3ccccc3C(c3ccc(C(F)(F)F)cc3)=CC3(CCCC3)N12. The number of halogens is 3. The van der Waals surface area contributed by atoms with E-state index in [1.54, 1.807) is 12.1 Å². The van der Waals surface area contributed by atoms with Crippen LogP contribution in [0.2, 0.25) is 0 Å². The number of rotatable bonds is 1. The van der Waals surface area contributed by atoms with Crippen LogP contribution in [0.3, 0.4) is 0 Å². The van der Waals surface area contributed by atoms with Crippen LogP contribution in [-0.4, -0.2) is 23.0 Å². The van der Waals surface area contributed by atoms with E-state index in [-0.39, 0.29) is 5.91 Å². The van der Waals surface area contributed by atoms with E-state index in [2.05, 4.69) is 11.1 Å². The monoisotopic (exact) mass is 398 g/mol. The second kappa shape index (κ2) is 6.37. The summed E-state index contributed by atoms with van der Waals surface area (Å²) in [5.41, 5.74) is 2.47. The molecule has 0 bridgehead atoms. The van der Waals surface area contributed by atoms with Crippen LogP contribution in [0.4, 0.5) is 18.9 Å². The Hall–Kier alpha value is -2.76. The van der Waals surface area contributed by atoms with E-state index in [1.807, 2.05) is 29.3 Å². The van der Waals surface area contributed by atoms with E-state index in [4.69, 9.17) is 0 Å². The van der Waals surface area contributed by atoms with Crippen LogP contribution < -0.4 is 5.01 Å². The number of hydrogen-bond donors (Lipinski definition) is 0.